The first-order chi connectivity index (χ1) is 14.0. The quantitative estimate of drug-likeness (QED) is 0.817. The Kier molecular flexibility index (Phi) is 5.54. The van der Waals surface area contributed by atoms with E-state index in [0.717, 1.165) is 29.7 Å². The van der Waals surface area contributed by atoms with Crippen LogP contribution in [0.1, 0.15) is 29.5 Å². The van der Waals surface area contributed by atoms with Crippen LogP contribution in [0.25, 0.3) is 0 Å². The number of hydrogen-bond acceptors (Lipinski definition) is 3. The number of aryl methyl sites for hydroxylation is 2. The van der Waals surface area contributed by atoms with E-state index in [1.54, 1.807) is 11.8 Å². The van der Waals surface area contributed by atoms with Gasteiger partial charge in [-0.3, -0.25) is 4.79 Å². The van der Waals surface area contributed by atoms with Crippen molar-refractivity contribution in [2.45, 2.75) is 38.1 Å². The Morgan fingerprint density at radius 2 is 1.79 bits per heavy atom. The van der Waals surface area contributed by atoms with E-state index in [4.69, 9.17) is 0 Å². The van der Waals surface area contributed by atoms with Gasteiger partial charge < -0.3 is 15.1 Å². The molecular weight excluding hydrogens is 382 g/mol. The Hall–Kier alpha value is -2.47. The summed E-state index contributed by atoms with van der Waals surface area (Å²) in [5.74, 6) is 0.730. The predicted molar refractivity (Wildman–Crippen MR) is 118 cm³/mol. The molecule has 2 saturated heterocycles. The molecule has 2 fully saturated rings. The van der Waals surface area contributed by atoms with Gasteiger partial charge >= 0.3 is 6.03 Å². The van der Waals surface area contributed by atoms with Crippen molar-refractivity contribution in [3.05, 3.63) is 65.2 Å². The number of urea groups is 1. The second-order valence-corrected chi connectivity index (χ2v) is 9.25. The summed E-state index contributed by atoms with van der Waals surface area (Å²) in [5, 5.41) is 3.02. The maximum absolute atomic E-state index is 12.7. The first-order valence-electron chi connectivity index (χ1n) is 10.1. The fourth-order valence-corrected chi connectivity index (χ4v) is 5.41. The lowest BCUT2D eigenvalue weighted by molar-refractivity contribution is -0.131. The van der Waals surface area contributed by atoms with Crippen LogP contribution < -0.4 is 5.32 Å². The zero-order valence-electron chi connectivity index (χ0n) is 17.0. The summed E-state index contributed by atoms with van der Waals surface area (Å²) in [4.78, 5) is 29.0. The molecule has 0 saturated carbocycles. The van der Waals surface area contributed by atoms with Crippen molar-refractivity contribution in [2.75, 3.05) is 24.2 Å². The molecule has 2 aromatic rings. The normalized spacial score (nSPS) is 18.3. The van der Waals surface area contributed by atoms with E-state index in [-0.39, 0.29) is 16.8 Å². The van der Waals surface area contributed by atoms with E-state index in [1.165, 1.54) is 5.56 Å². The topological polar surface area (TPSA) is 52.7 Å². The summed E-state index contributed by atoms with van der Waals surface area (Å²) in [6.45, 7) is 6.06. The van der Waals surface area contributed by atoms with Crippen molar-refractivity contribution in [2.24, 2.45) is 0 Å². The molecule has 0 bridgehead atoms. The monoisotopic (exact) mass is 409 g/mol. The largest absolute Gasteiger partial charge is 0.324 e. The fourth-order valence-electron chi connectivity index (χ4n) is 4.07. The summed E-state index contributed by atoms with van der Waals surface area (Å²) in [7, 11) is 0. The zero-order valence-corrected chi connectivity index (χ0v) is 17.8. The molecule has 29 heavy (non-hydrogen) atoms. The lowest BCUT2D eigenvalue weighted by Gasteiger charge is -2.44. The molecule has 2 aliphatic rings. The molecule has 4 rings (SSSR count). The molecule has 2 aromatic carbocycles. The number of nitrogens with one attached hydrogen (secondary N) is 1. The average Bonchev–Trinajstić information content (AvgIpc) is 3.02. The van der Waals surface area contributed by atoms with Gasteiger partial charge in [0.15, 0.2) is 0 Å². The molecule has 0 aliphatic carbocycles. The highest BCUT2D eigenvalue weighted by atomic mass is 32.2. The third kappa shape index (κ3) is 4.13. The van der Waals surface area contributed by atoms with Gasteiger partial charge in [-0.15, -0.1) is 11.8 Å². The summed E-state index contributed by atoms with van der Waals surface area (Å²) in [5.41, 5.74) is 4.36. The molecule has 0 radical (unpaired) electrons. The van der Waals surface area contributed by atoms with Crippen LogP contribution in [-0.4, -0.2) is 45.5 Å². The van der Waals surface area contributed by atoms with Crippen LogP contribution >= 0.6 is 11.8 Å². The number of carbonyl (C=O) groups is 2. The third-order valence-corrected chi connectivity index (χ3v) is 7.59. The molecule has 0 unspecified atom stereocenters. The molecule has 1 spiro atoms. The first kappa shape index (κ1) is 19.8. The van der Waals surface area contributed by atoms with Crippen LogP contribution in [0.4, 0.5) is 10.5 Å². The highest BCUT2D eigenvalue weighted by Crippen LogP contribution is 2.45. The molecule has 2 heterocycles. The number of carbonyl (C=O) groups excluding carboxylic acids is 2. The van der Waals surface area contributed by atoms with Crippen LogP contribution in [-0.2, 0) is 11.3 Å². The predicted octanol–water partition coefficient (Wildman–Crippen LogP) is 4.40. The number of rotatable bonds is 3. The van der Waals surface area contributed by atoms with Gasteiger partial charge in [0.25, 0.3) is 0 Å². The highest BCUT2D eigenvalue weighted by molar-refractivity contribution is 8.01. The summed E-state index contributed by atoms with van der Waals surface area (Å²) >= 11 is 1.74. The maximum Gasteiger partial charge on any atom is 0.321 e. The van der Waals surface area contributed by atoms with E-state index in [1.807, 2.05) is 53.1 Å². The first-order valence-corrected chi connectivity index (χ1v) is 11.1. The minimum absolute atomic E-state index is 0.0629. The Balaban J connectivity index is 1.40. The number of anilines is 1. The van der Waals surface area contributed by atoms with Gasteiger partial charge in [0.1, 0.15) is 0 Å². The van der Waals surface area contributed by atoms with Crippen LogP contribution in [0.15, 0.2) is 48.5 Å². The number of amides is 3. The standard InChI is InChI=1S/C23H27N3O2S/c1-17-8-9-20(14-18(17)2)24-22(28)25-12-10-23(11-13-25)26(21(27)16-29-23)15-19-6-4-3-5-7-19/h3-9,14H,10-13,15-16H2,1-2H3,(H,24,28). The van der Waals surface area contributed by atoms with Gasteiger partial charge in [-0.05, 0) is 55.5 Å². The molecule has 5 nitrogen and oxygen atoms in total. The Bertz CT molecular complexity index is 908. The van der Waals surface area contributed by atoms with Crippen molar-refractivity contribution >= 4 is 29.4 Å². The van der Waals surface area contributed by atoms with Gasteiger partial charge in [0.05, 0.1) is 10.6 Å². The summed E-state index contributed by atoms with van der Waals surface area (Å²) in [6, 6.07) is 16.1. The van der Waals surface area contributed by atoms with Gasteiger partial charge in [-0.2, -0.15) is 0 Å². The van der Waals surface area contributed by atoms with Crippen molar-refractivity contribution < 1.29 is 9.59 Å². The van der Waals surface area contributed by atoms with Crippen LogP contribution in [0, 0.1) is 13.8 Å². The van der Waals surface area contributed by atoms with E-state index >= 15 is 0 Å². The minimum Gasteiger partial charge on any atom is -0.324 e. The number of likely N-dealkylation sites (tertiary alicyclic amines) is 1. The minimum atomic E-state index is -0.190. The number of benzene rings is 2. The fraction of sp³-hybridized carbons (Fsp3) is 0.391. The number of nitrogens with zero attached hydrogens (tertiary/aromatic N) is 2. The molecule has 1 N–H and O–H groups in total. The lowest BCUT2D eigenvalue weighted by atomic mass is 10.0. The summed E-state index contributed by atoms with van der Waals surface area (Å²) in [6.07, 6.45) is 1.60. The number of piperidine rings is 1. The molecule has 152 valence electrons. The van der Waals surface area contributed by atoms with Crippen molar-refractivity contribution in [3.63, 3.8) is 0 Å². The van der Waals surface area contributed by atoms with Gasteiger partial charge in [-0.1, -0.05) is 36.4 Å². The van der Waals surface area contributed by atoms with Crippen LogP contribution in [0.5, 0.6) is 0 Å². The van der Waals surface area contributed by atoms with Crippen LogP contribution in [0.3, 0.4) is 0 Å². The number of hydrogen-bond donors (Lipinski definition) is 1. The van der Waals surface area contributed by atoms with Crippen LogP contribution in [0.2, 0.25) is 0 Å². The molecule has 2 aliphatic heterocycles. The number of thioether (sulfide) groups is 1. The van der Waals surface area contributed by atoms with Gasteiger partial charge in [-0.25, -0.2) is 4.79 Å². The van der Waals surface area contributed by atoms with Crippen molar-refractivity contribution in [1.82, 2.24) is 9.80 Å². The van der Waals surface area contributed by atoms with E-state index in [0.29, 0.717) is 25.4 Å². The molecule has 6 heteroatoms. The van der Waals surface area contributed by atoms with Gasteiger partial charge in [0.2, 0.25) is 5.91 Å². The van der Waals surface area contributed by atoms with Crippen molar-refractivity contribution in [3.8, 4) is 0 Å². The average molecular weight is 410 g/mol. The second kappa shape index (κ2) is 8.11. The second-order valence-electron chi connectivity index (χ2n) is 7.92. The summed E-state index contributed by atoms with van der Waals surface area (Å²) < 4.78 is 0. The van der Waals surface area contributed by atoms with Gasteiger partial charge in [0, 0.05) is 25.3 Å². The Morgan fingerprint density at radius 1 is 1.07 bits per heavy atom. The zero-order chi connectivity index (χ0) is 20.4. The third-order valence-electron chi connectivity index (χ3n) is 6.03. The molecule has 3 amide bonds. The van der Waals surface area contributed by atoms with Crippen molar-refractivity contribution in [1.29, 1.82) is 0 Å². The Labute approximate surface area is 176 Å². The Morgan fingerprint density at radius 3 is 2.48 bits per heavy atom. The van der Waals surface area contributed by atoms with E-state index in [2.05, 4.69) is 24.4 Å². The molecule has 0 aromatic heterocycles. The molecular formula is C23H27N3O2S. The maximum atomic E-state index is 12.7. The smallest absolute Gasteiger partial charge is 0.321 e. The SMILES string of the molecule is Cc1ccc(NC(=O)N2CCC3(CC2)SCC(=O)N3Cc2ccccc2)cc1C. The highest BCUT2D eigenvalue weighted by Gasteiger charge is 2.48. The molecule has 0 atom stereocenters. The van der Waals surface area contributed by atoms with E-state index < -0.39 is 0 Å². The van der Waals surface area contributed by atoms with E-state index in [9.17, 15) is 9.59 Å². The lowest BCUT2D eigenvalue weighted by Crippen LogP contribution is -2.53.